The van der Waals surface area contributed by atoms with Crippen LogP contribution in [0.3, 0.4) is 0 Å². The van der Waals surface area contributed by atoms with Crippen molar-refractivity contribution in [2.24, 2.45) is 0 Å². The molecule has 0 unspecified atom stereocenters. The Hall–Kier alpha value is -4.34. The molecule has 0 saturated heterocycles. The van der Waals surface area contributed by atoms with Crippen LogP contribution in [0.25, 0.3) is 6.08 Å². The maximum absolute atomic E-state index is 13.4. The Morgan fingerprint density at radius 2 is 1.70 bits per heavy atom. The zero-order valence-electron chi connectivity index (χ0n) is 22.1. The maximum Gasteiger partial charge on any atom is 0.340 e. The van der Waals surface area contributed by atoms with Crippen molar-refractivity contribution in [3.8, 4) is 0 Å². The van der Waals surface area contributed by atoms with Gasteiger partial charge in [-0.05, 0) is 80.4 Å². The van der Waals surface area contributed by atoms with Gasteiger partial charge in [0.1, 0.15) is 11.5 Å². The first-order chi connectivity index (χ1) is 19.0. The van der Waals surface area contributed by atoms with Gasteiger partial charge in [-0.3, -0.25) is 19.3 Å². The van der Waals surface area contributed by atoms with Gasteiger partial charge < -0.3 is 19.8 Å². The molecular formula is C29H25Cl2N3O6. The summed E-state index contributed by atoms with van der Waals surface area (Å²) in [7, 11) is 1.22. The SMILES string of the molecule is COC(=O)C1=C(C)N(c2ccc(Cl)c(Cl)c2)C(=O)/C1=C/c1ccc(CNC(=O)C(=O)Nc2ccc(C)c(C)c2)o1. The Bertz CT molecular complexity index is 1600. The number of nitrogens with one attached hydrogen (secondary N) is 2. The lowest BCUT2D eigenvalue weighted by Crippen LogP contribution is -2.34. The van der Waals surface area contributed by atoms with Crippen LogP contribution in [0.4, 0.5) is 11.4 Å². The minimum Gasteiger partial charge on any atom is -0.465 e. The average Bonchev–Trinajstić information content (AvgIpc) is 3.47. The normalized spacial score (nSPS) is 14.1. The van der Waals surface area contributed by atoms with Crippen molar-refractivity contribution in [1.82, 2.24) is 5.32 Å². The standard InChI is InChI=1S/C29H25Cl2N3O6/c1-15-5-6-18(11-16(15)2)33-27(36)26(35)32-14-21-9-8-20(40-21)13-22-25(29(38)39-4)17(3)34(28(22)37)19-7-10-23(30)24(31)12-19/h5-13H,14H2,1-4H3,(H,32,35)(H,33,36)/b22-13+. The maximum atomic E-state index is 13.4. The number of ether oxygens (including phenoxy) is 1. The predicted octanol–water partition coefficient (Wildman–Crippen LogP) is 5.34. The lowest BCUT2D eigenvalue weighted by Gasteiger charge is -2.18. The highest BCUT2D eigenvalue weighted by Crippen LogP contribution is 2.37. The zero-order valence-corrected chi connectivity index (χ0v) is 23.6. The third kappa shape index (κ3) is 5.95. The second-order valence-electron chi connectivity index (χ2n) is 8.99. The van der Waals surface area contributed by atoms with Gasteiger partial charge in [-0.15, -0.1) is 0 Å². The summed E-state index contributed by atoms with van der Waals surface area (Å²) < 4.78 is 10.7. The summed E-state index contributed by atoms with van der Waals surface area (Å²) in [5.41, 5.74) is 3.43. The second-order valence-corrected chi connectivity index (χ2v) is 9.80. The number of methoxy groups -OCH3 is 1. The third-order valence-electron chi connectivity index (χ3n) is 6.31. The van der Waals surface area contributed by atoms with E-state index < -0.39 is 23.7 Å². The summed E-state index contributed by atoms with van der Waals surface area (Å²) in [6, 6.07) is 13.2. The van der Waals surface area contributed by atoms with E-state index in [-0.39, 0.29) is 28.5 Å². The molecule has 1 aliphatic heterocycles. The van der Waals surface area contributed by atoms with Gasteiger partial charge >= 0.3 is 17.8 Å². The van der Waals surface area contributed by atoms with Crippen molar-refractivity contribution in [3.05, 3.63) is 98.1 Å². The van der Waals surface area contributed by atoms with Gasteiger partial charge in [0.25, 0.3) is 5.91 Å². The summed E-state index contributed by atoms with van der Waals surface area (Å²) >= 11 is 12.2. The number of allylic oxidation sites excluding steroid dienone is 1. The molecule has 0 radical (unpaired) electrons. The highest BCUT2D eigenvalue weighted by atomic mass is 35.5. The van der Waals surface area contributed by atoms with Gasteiger partial charge in [0.05, 0.1) is 40.5 Å². The van der Waals surface area contributed by atoms with E-state index in [4.69, 9.17) is 32.4 Å². The lowest BCUT2D eigenvalue weighted by atomic mass is 10.1. The van der Waals surface area contributed by atoms with E-state index in [1.807, 2.05) is 19.9 Å². The minimum atomic E-state index is -0.843. The van der Waals surface area contributed by atoms with E-state index in [1.165, 1.54) is 24.2 Å². The van der Waals surface area contributed by atoms with E-state index >= 15 is 0 Å². The number of nitrogens with zero attached hydrogens (tertiary/aromatic N) is 1. The third-order valence-corrected chi connectivity index (χ3v) is 7.05. The zero-order chi connectivity index (χ0) is 29.1. The van der Waals surface area contributed by atoms with Crippen LogP contribution in [0.15, 0.2) is 69.8 Å². The van der Waals surface area contributed by atoms with E-state index in [0.29, 0.717) is 27.9 Å². The molecule has 9 nitrogen and oxygen atoms in total. The highest BCUT2D eigenvalue weighted by molar-refractivity contribution is 6.42. The fourth-order valence-electron chi connectivity index (χ4n) is 4.08. The van der Waals surface area contributed by atoms with Crippen LogP contribution in [0.1, 0.15) is 29.6 Å². The molecule has 11 heteroatoms. The molecule has 0 spiro atoms. The number of furan rings is 1. The predicted molar refractivity (Wildman–Crippen MR) is 152 cm³/mol. The molecular weight excluding hydrogens is 557 g/mol. The number of rotatable bonds is 6. The fraction of sp³-hybridized carbons (Fsp3) is 0.172. The van der Waals surface area contributed by atoms with E-state index in [0.717, 1.165) is 11.1 Å². The first-order valence-electron chi connectivity index (χ1n) is 12.1. The summed E-state index contributed by atoms with van der Waals surface area (Å²) in [6.07, 6.45) is 1.41. The molecule has 1 aromatic heterocycles. The molecule has 0 bridgehead atoms. The van der Waals surface area contributed by atoms with Crippen LogP contribution in [0.5, 0.6) is 0 Å². The molecule has 0 saturated carbocycles. The molecule has 2 N–H and O–H groups in total. The van der Waals surface area contributed by atoms with Crippen molar-refractivity contribution in [2.45, 2.75) is 27.3 Å². The minimum absolute atomic E-state index is 0.0492. The van der Waals surface area contributed by atoms with Crippen LogP contribution in [-0.2, 0) is 30.5 Å². The van der Waals surface area contributed by atoms with E-state index in [9.17, 15) is 19.2 Å². The van der Waals surface area contributed by atoms with E-state index in [2.05, 4.69) is 10.6 Å². The lowest BCUT2D eigenvalue weighted by molar-refractivity contribution is -0.136. The van der Waals surface area contributed by atoms with Crippen LogP contribution >= 0.6 is 23.2 Å². The van der Waals surface area contributed by atoms with Gasteiger partial charge in [0.15, 0.2) is 0 Å². The van der Waals surface area contributed by atoms with Crippen molar-refractivity contribution >= 4 is 64.3 Å². The van der Waals surface area contributed by atoms with E-state index in [1.54, 1.807) is 43.3 Å². The molecule has 0 aliphatic carbocycles. The Balaban J connectivity index is 1.49. The molecule has 0 atom stereocenters. The number of anilines is 2. The topological polar surface area (TPSA) is 118 Å². The van der Waals surface area contributed by atoms with Crippen molar-refractivity contribution < 1.29 is 28.3 Å². The van der Waals surface area contributed by atoms with Crippen LogP contribution in [0.2, 0.25) is 10.0 Å². The summed E-state index contributed by atoms with van der Waals surface area (Å²) in [6.45, 7) is 5.39. The molecule has 2 aromatic carbocycles. The van der Waals surface area contributed by atoms with Crippen molar-refractivity contribution in [1.29, 1.82) is 0 Å². The Labute approximate surface area is 240 Å². The summed E-state index contributed by atoms with van der Waals surface area (Å²) in [4.78, 5) is 52.0. The second kappa shape index (κ2) is 11.8. The number of amides is 3. The summed E-state index contributed by atoms with van der Waals surface area (Å²) in [5, 5.41) is 5.62. The number of hydrogen-bond acceptors (Lipinski definition) is 6. The smallest absolute Gasteiger partial charge is 0.340 e. The number of carbonyl (C=O) groups is 4. The monoisotopic (exact) mass is 581 g/mol. The average molecular weight is 582 g/mol. The molecule has 4 rings (SSSR count). The Morgan fingerprint density at radius 3 is 2.38 bits per heavy atom. The van der Waals surface area contributed by atoms with Gasteiger partial charge in [0.2, 0.25) is 0 Å². The molecule has 3 amide bonds. The molecule has 2 heterocycles. The van der Waals surface area contributed by atoms with Crippen molar-refractivity contribution in [3.63, 3.8) is 0 Å². The molecule has 206 valence electrons. The quantitative estimate of drug-likeness (QED) is 0.230. The summed E-state index contributed by atoms with van der Waals surface area (Å²) in [5.74, 6) is -2.29. The van der Waals surface area contributed by atoms with Gasteiger partial charge in [-0.25, -0.2) is 4.79 Å². The van der Waals surface area contributed by atoms with Gasteiger partial charge in [-0.1, -0.05) is 29.3 Å². The van der Waals surface area contributed by atoms with Crippen molar-refractivity contribution in [2.75, 3.05) is 17.3 Å². The number of hydrogen-bond donors (Lipinski definition) is 2. The molecule has 3 aromatic rings. The largest absolute Gasteiger partial charge is 0.465 e. The van der Waals surface area contributed by atoms with Crippen LogP contribution in [-0.4, -0.2) is 30.8 Å². The number of benzene rings is 2. The van der Waals surface area contributed by atoms with Gasteiger partial charge in [0, 0.05) is 11.4 Å². The number of aryl methyl sites for hydroxylation is 2. The van der Waals surface area contributed by atoms with Crippen LogP contribution in [0, 0.1) is 13.8 Å². The number of carbonyl (C=O) groups excluding carboxylic acids is 4. The highest BCUT2D eigenvalue weighted by Gasteiger charge is 2.38. The Morgan fingerprint density at radius 1 is 0.950 bits per heavy atom. The Kier molecular flexibility index (Phi) is 8.46. The number of esters is 1. The molecule has 1 aliphatic rings. The first kappa shape index (κ1) is 28.7. The number of halogens is 2. The van der Waals surface area contributed by atoms with Gasteiger partial charge in [-0.2, -0.15) is 0 Å². The van der Waals surface area contributed by atoms with Crippen LogP contribution < -0.4 is 15.5 Å². The fourth-order valence-corrected chi connectivity index (χ4v) is 4.37. The molecule has 0 fully saturated rings. The first-order valence-corrected chi connectivity index (χ1v) is 12.8. The molecule has 40 heavy (non-hydrogen) atoms.